The number of hydrogen-bond donors (Lipinski definition) is 2. The number of carboxylic acids is 1. The Labute approximate surface area is 128 Å². The number of nitrogens with one attached hydrogen (secondary N) is 1. The van der Waals surface area contributed by atoms with Gasteiger partial charge in [0.15, 0.2) is 0 Å². The maximum Gasteiger partial charge on any atom is 0.311 e. The van der Waals surface area contributed by atoms with Gasteiger partial charge in [-0.15, -0.1) is 0 Å². The summed E-state index contributed by atoms with van der Waals surface area (Å²) in [6, 6.07) is 8.81. The van der Waals surface area contributed by atoms with Gasteiger partial charge < -0.3 is 15.2 Å². The van der Waals surface area contributed by atoms with Gasteiger partial charge in [0.2, 0.25) is 0 Å². The molecule has 1 aliphatic heterocycles. The molecule has 1 heterocycles. The topological polar surface area (TPSA) is 99.4 Å². The van der Waals surface area contributed by atoms with Gasteiger partial charge in [0.1, 0.15) is 0 Å². The summed E-state index contributed by atoms with van der Waals surface area (Å²) in [5.74, 6) is -1.23. The molecule has 2 rings (SSSR count). The molecule has 1 amide bonds. The standard InChI is InChI=1S/C16H18N2O4/c17-7-4-12-2-1-3-13(10-12)14(19)18-11-16(15(20)21)5-8-22-9-6-16/h1-3,10H,4-6,8-9,11H2,(H,18,19)(H,20,21). The Bertz CT molecular complexity index is 600. The van der Waals surface area contributed by atoms with Crippen molar-refractivity contribution in [3.05, 3.63) is 35.4 Å². The zero-order chi connectivity index (χ0) is 16.0. The van der Waals surface area contributed by atoms with E-state index < -0.39 is 11.4 Å². The van der Waals surface area contributed by atoms with E-state index >= 15 is 0 Å². The van der Waals surface area contributed by atoms with Gasteiger partial charge >= 0.3 is 5.97 Å². The van der Waals surface area contributed by atoms with Gasteiger partial charge in [-0.1, -0.05) is 12.1 Å². The van der Waals surface area contributed by atoms with Gasteiger partial charge in [-0.05, 0) is 30.5 Å². The van der Waals surface area contributed by atoms with Gasteiger partial charge in [0, 0.05) is 25.3 Å². The number of aliphatic carboxylic acids is 1. The Morgan fingerprint density at radius 2 is 2.09 bits per heavy atom. The van der Waals surface area contributed by atoms with Gasteiger partial charge in [0.05, 0.1) is 17.9 Å². The Hall–Kier alpha value is -2.39. The Balaban J connectivity index is 2.03. The molecule has 0 aromatic heterocycles. The first-order valence-electron chi connectivity index (χ1n) is 7.13. The maximum absolute atomic E-state index is 12.2. The van der Waals surface area contributed by atoms with E-state index in [9.17, 15) is 14.7 Å². The van der Waals surface area contributed by atoms with Crippen LogP contribution in [0.15, 0.2) is 24.3 Å². The summed E-state index contributed by atoms with van der Waals surface area (Å²) in [4.78, 5) is 23.7. The Kier molecular flexibility index (Phi) is 5.12. The van der Waals surface area contributed by atoms with E-state index in [0.29, 0.717) is 31.6 Å². The van der Waals surface area contributed by atoms with Crippen LogP contribution in [-0.2, 0) is 16.0 Å². The molecule has 2 N–H and O–H groups in total. The second-order valence-electron chi connectivity index (χ2n) is 5.42. The highest BCUT2D eigenvalue weighted by Gasteiger charge is 2.40. The van der Waals surface area contributed by atoms with Crippen LogP contribution < -0.4 is 5.32 Å². The fourth-order valence-corrected chi connectivity index (χ4v) is 2.49. The third kappa shape index (κ3) is 3.62. The van der Waals surface area contributed by atoms with E-state index in [1.54, 1.807) is 24.3 Å². The number of carbonyl (C=O) groups is 2. The molecule has 1 saturated heterocycles. The molecule has 0 bridgehead atoms. The summed E-state index contributed by atoms with van der Waals surface area (Å²) in [6.45, 7) is 0.854. The lowest BCUT2D eigenvalue weighted by Crippen LogP contribution is -2.46. The van der Waals surface area contributed by atoms with Gasteiger partial charge in [-0.3, -0.25) is 9.59 Å². The van der Waals surface area contributed by atoms with Crippen molar-refractivity contribution >= 4 is 11.9 Å². The van der Waals surface area contributed by atoms with E-state index in [4.69, 9.17) is 10.00 Å². The van der Waals surface area contributed by atoms with Crippen LogP contribution in [0.2, 0.25) is 0 Å². The van der Waals surface area contributed by atoms with E-state index in [1.165, 1.54) is 0 Å². The second kappa shape index (κ2) is 7.05. The number of nitriles is 1. The van der Waals surface area contributed by atoms with Crippen molar-refractivity contribution in [2.75, 3.05) is 19.8 Å². The smallest absolute Gasteiger partial charge is 0.311 e. The number of ether oxygens (including phenoxy) is 1. The summed E-state index contributed by atoms with van der Waals surface area (Å²) < 4.78 is 5.20. The molecule has 1 aromatic rings. The fraction of sp³-hybridized carbons (Fsp3) is 0.438. The molecule has 6 heteroatoms. The summed E-state index contributed by atoms with van der Waals surface area (Å²) in [5.41, 5.74) is 0.229. The average Bonchev–Trinajstić information content (AvgIpc) is 2.54. The lowest BCUT2D eigenvalue weighted by atomic mass is 9.80. The van der Waals surface area contributed by atoms with Crippen molar-refractivity contribution < 1.29 is 19.4 Å². The zero-order valence-electron chi connectivity index (χ0n) is 12.2. The summed E-state index contributed by atoms with van der Waals surface area (Å²) in [5, 5.41) is 20.8. The molecule has 0 aliphatic carbocycles. The summed E-state index contributed by atoms with van der Waals surface area (Å²) >= 11 is 0. The van der Waals surface area contributed by atoms with E-state index in [2.05, 4.69) is 5.32 Å². The van der Waals surface area contributed by atoms with Crippen LogP contribution in [0, 0.1) is 16.7 Å². The molecular formula is C16H18N2O4. The highest BCUT2D eigenvalue weighted by Crippen LogP contribution is 2.30. The van der Waals surface area contributed by atoms with Crippen molar-refractivity contribution in [2.45, 2.75) is 19.3 Å². The van der Waals surface area contributed by atoms with Gasteiger partial charge in [-0.2, -0.15) is 5.26 Å². The highest BCUT2D eigenvalue weighted by atomic mass is 16.5. The van der Waals surface area contributed by atoms with Crippen molar-refractivity contribution in [2.24, 2.45) is 5.41 Å². The molecule has 1 aromatic carbocycles. The van der Waals surface area contributed by atoms with E-state index in [0.717, 1.165) is 5.56 Å². The van der Waals surface area contributed by atoms with Crippen LogP contribution >= 0.6 is 0 Å². The summed E-state index contributed by atoms with van der Waals surface area (Å²) in [7, 11) is 0. The normalized spacial score (nSPS) is 16.5. The minimum Gasteiger partial charge on any atom is -0.481 e. The molecule has 0 atom stereocenters. The lowest BCUT2D eigenvalue weighted by molar-refractivity contribution is -0.154. The number of carbonyl (C=O) groups excluding carboxylic acids is 1. The predicted octanol–water partition coefficient (Wildman–Crippen LogP) is 1.36. The highest BCUT2D eigenvalue weighted by molar-refractivity contribution is 5.94. The predicted molar refractivity (Wildman–Crippen MR) is 78.2 cm³/mol. The third-order valence-electron chi connectivity index (χ3n) is 3.96. The first-order valence-corrected chi connectivity index (χ1v) is 7.13. The van der Waals surface area contributed by atoms with Crippen LogP contribution in [0.1, 0.15) is 28.8 Å². The molecule has 0 spiro atoms. The maximum atomic E-state index is 12.2. The molecule has 0 radical (unpaired) electrons. The molecule has 1 fully saturated rings. The Morgan fingerprint density at radius 1 is 1.36 bits per heavy atom. The lowest BCUT2D eigenvalue weighted by Gasteiger charge is -2.33. The van der Waals surface area contributed by atoms with E-state index in [-0.39, 0.29) is 18.9 Å². The largest absolute Gasteiger partial charge is 0.481 e. The second-order valence-corrected chi connectivity index (χ2v) is 5.42. The quantitative estimate of drug-likeness (QED) is 0.855. The molecule has 1 aliphatic rings. The molecule has 0 saturated carbocycles. The molecular weight excluding hydrogens is 284 g/mol. The van der Waals surface area contributed by atoms with Crippen molar-refractivity contribution in [3.63, 3.8) is 0 Å². The number of rotatable bonds is 5. The van der Waals surface area contributed by atoms with Crippen molar-refractivity contribution in [3.8, 4) is 6.07 Å². The number of hydrogen-bond acceptors (Lipinski definition) is 4. The Morgan fingerprint density at radius 3 is 2.73 bits per heavy atom. The number of amides is 1. The molecule has 22 heavy (non-hydrogen) atoms. The van der Waals surface area contributed by atoms with Crippen molar-refractivity contribution in [1.29, 1.82) is 5.26 Å². The molecule has 6 nitrogen and oxygen atoms in total. The van der Waals surface area contributed by atoms with E-state index in [1.807, 2.05) is 6.07 Å². The van der Waals surface area contributed by atoms with Crippen LogP contribution in [-0.4, -0.2) is 36.7 Å². The van der Waals surface area contributed by atoms with Crippen LogP contribution in [0.4, 0.5) is 0 Å². The van der Waals surface area contributed by atoms with Crippen LogP contribution in [0.3, 0.4) is 0 Å². The monoisotopic (exact) mass is 302 g/mol. The number of benzene rings is 1. The zero-order valence-corrected chi connectivity index (χ0v) is 12.2. The van der Waals surface area contributed by atoms with Gasteiger partial charge in [0.25, 0.3) is 5.91 Å². The first kappa shape index (κ1) is 16.0. The van der Waals surface area contributed by atoms with Crippen LogP contribution in [0.5, 0.6) is 0 Å². The first-order chi connectivity index (χ1) is 10.6. The third-order valence-corrected chi connectivity index (χ3v) is 3.96. The number of carboxylic acid groups (broad SMARTS) is 1. The summed E-state index contributed by atoms with van der Waals surface area (Å²) in [6.07, 6.45) is 1.01. The SMILES string of the molecule is N#CCc1cccc(C(=O)NCC2(C(=O)O)CCOCC2)c1. The van der Waals surface area contributed by atoms with Gasteiger partial charge in [-0.25, -0.2) is 0 Å². The van der Waals surface area contributed by atoms with Crippen molar-refractivity contribution in [1.82, 2.24) is 5.32 Å². The molecule has 116 valence electrons. The van der Waals surface area contributed by atoms with Crippen LogP contribution in [0.25, 0.3) is 0 Å². The molecule has 0 unspecified atom stereocenters. The minimum absolute atomic E-state index is 0.0764. The number of nitrogens with zero attached hydrogens (tertiary/aromatic N) is 1. The average molecular weight is 302 g/mol. The fourth-order valence-electron chi connectivity index (χ4n) is 2.49. The minimum atomic E-state index is -0.960.